The van der Waals surface area contributed by atoms with Crippen LogP contribution in [-0.2, 0) is 9.59 Å². The first kappa shape index (κ1) is 16.3. The van der Waals surface area contributed by atoms with Crippen molar-refractivity contribution in [3.63, 3.8) is 0 Å². The van der Waals surface area contributed by atoms with Crippen molar-refractivity contribution in [3.8, 4) is 5.75 Å². The number of hydrogen-bond donors (Lipinski definition) is 1. The summed E-state index contributed by atoms with van der Waals surface area (Å²) in [4.78, 5) is 25.8. The number of nitrogens with zero attached hydrogens (tertiary/aromatic N) is 1. The third kappa shape index (κ3) is 4.72. The maximum Gasteiger partial charge on any atom is 0.258 e. The van der Waals surface area contributed by atoms with E-state index in [0.29, 0.717) is 5.75 Å². The van der Waals surface area contributed by atoms with Gasteiger partial charge in [0.25, 0.3) is 5.91 Å². The fourth-order valence-corrected chi connectivity index (χ4v) is 2.41. The van der Waals surface area contributed by atoms with Crippen molar-refractivity contribution in [2.75, 3.05) is 19.7 Å². The summed E-state index contributed by atoms with van der Waals surface area (Å²) in [7, 11) is 0. The van der Waals surface area contributed by atoms with Crippen LogP contribution < -0.4 is 10.1 Å². The fourth-order valence-electron chi connectivity index (χ4n) is 2.41. The van der Waals surface area contributed by atoms with Crippen molar-refractivity contribution in [1.29, 1.82) is 0 Å². The van der Waals surface area contributed by atoms with Gasteiger partial charge in [0, 0.05) is 13.1 Å². The molecule has 5 nitrogen and oxygen atoms in total. The molecule has 1 aliphatic rings. The zero-order valence-electron chi connectivity index (χ0n) is 12.7. The van der Waals surface area contributed by atoms with Crippen molar-refractivity contribution < 1.29 is 18.7 Å². The summed E-state index contributed by atoms with van der Waals surface area (Å²) in [5.41, 5.74) is 0. The molecule has 0 aromatic heterocycles. The van der Waals surface area contributed by atoms with Crippen molar-refractivity contribution in [3.05, 3.63) is 30.1 Å². The molecule has 1 N–H and O–H groups in total. The van der Waals surface area contributed by atoms with E-state index in [1.165, 1.54) is 24.3 Å². The van der Waals surface area contributed by atoms with Gasteiger partial charge in [-0.25, -0.2) is 4.39 Å². The number of piperidine rings is 1. The first-order chi connectivity index (χ1) is 10.6. The molecule has 1 atom stereocenters. The number of halogens is 1. The van der Waals surface area contributed by atoms with Crippen LogP contribution in [0.5, 0.6) is 5.75 Å². The molecule has 0 bridgehead atoms. The summed E-state index contributed by atoms with van der Waals surface area (Å²) in [6, 6.07) is 4.85. The van der Waals surface area contributed by atoms with E-state index in [1.54, 1.807) is 11.8 Å². The molecule has 1 aromatic rings. The molecule has 0 saturated carbocycles. The summed E-state index contributed by atoms with van der Waals surface area (Å²) in [6.45, 7) is 2.98. The molecule has 2 rings (SSSR count). The molecule has 6 heteroatoms. The Morgan fingerprint density at radius 2 is 1.86 bits per heavy atom. The lowest BCUT2D eigenvalue weighted by molar-refractivity contribution is -0.137. The molecule has 1 unspecified atom stereocenters. The Kier molecular flexibility index (Phi) is 5.75. The highest BCUT2D eigenvalue weighted by Gasteiger charge is 2.23. The summed E-state index contributed by atoms with van der Waals surface area (Å²) >= 11 is 0. The van der Waals surface area contributed by atoms with Crippen LogP contribution in [0, 0.1) is 5.82 Å². The number of benzene rings is 1. The lowest BCUT2D eigenvalue weighted by Gasteiger charge is -2.29. The Morgan fingerprint density at radius 3 is 2.50 bits per heavy atom. The minimum atomic E-state index is -0.567. The SMILES string of the molecule is CC(NC(=O)COc1ccc(F)cc1)C(=O)N1CCCCC1. The molecule has 1 heterocycles. The smallest absolute Gasteiger partial charge is 0.258 e. The zero-order chi connectivity index (χ0) is 15.9. The van der Waals surface area contributed by atoms with Crippen LogP contribution in [0.4, 0.5) is 4.39 Å². The highest BCUT2D eigenvalue weighted by molar-refractivity contribution is 5.87. The number of ether oxygens (including phenoxy) is 1. The minimum absolute atomic E-state index is 0.0603. The zero-order valence-corrected chi connectivity index (χ0v) is 12.7. The molecule has 2 amide bonds. The predicted octanol–water partition coefficient (Wildman–Crippen LogP) is 1.72. The van der Waals surface area contributed by atoms with E-state index in [2.05, 4.69) is 5.32 Å². The van der Waals surface area contributed by atoms with Gasteiger partial charge in [-0.1, -0.05) is 0 Å². The standard InChI is InChI=1S/C16H21FN2O3/c1-12(16(21)19-9-3-2-4-10-19)18-15(20)11-22-14-7-5-13(17)6-8-14/h5-8,12H,2-4,9-11H2,1H3,(H,18,20). The average Bonchev–Trinajstić information content (AvgIpc) is 2.54. The lowest BCUT2D eigenvalue weighted by atomic mass is 10.1. The number of hydrogen-bond acceptors (Lipinski definition) is 3. The number of nitrogens with one attached hydrogen (secondary N) is 1. The normalized spacial score (nSPS) is 16.0. The van der Waals surface area contributed by atoms with Crippen LogP contribution in [0.15, 0.2) is 24.3 Å². The van der Waals surface area contributed by atoms with Crippen LogP contribution in [0.25, 0.3) is 0 Å². The third-order valence-corrected chi connectivity index (χ3v) is 3.60. The van der Waals surface area contributed by atoms with E-state index in [1.807, 2.05) is 0 Å². The Hall–Kier alpha value is -2.11. The van der Waals surface area contributed by atoms with Gasteiger partial charge >= 0.3 is 0 Å². The fraction of sp³-hybridized carbons (Fsp3) is 0.500. The van der Waals surface area contributed by atoms with Crippen LogP contribution in [0.2, 0.25) is 0 Å². The highest BCUT2D eigenvalue weighted by atomic mass is 19.1. The second kappa shape index (κ2) is 7.77. The topological polar surface area (TPSA) is 58.6 Å². The predicted molar refractivity (Wildman–Crippen MR) is 79.9 cm³/mol. The average molecular weight is 308 g/mol. The van der Waals surface area contributed by atoms with Crippen LogP contribution in [0.1, 0.15) is 26.2 Å². The first-order valence-electron chi connectivity index (χ1n) is 7.53. The summed E-state index contributed by atoms with van der Waals surface area (Å²) in [5, 5.41) is 2.63. The molecule has 120 valence electrons. The molecule has 1 fully saturated rings. The number of likely N-dealkylation sites (tertiary alicyclic amines) is 1. The summed E-state index contributed by atoms with van der Waals surface area (Å²) in [5.74, 6) is -0.388. The molecule has 1 aliphatic heterocycles. The van der Waals surface area contributed by atoms with Crippen LogP contribution in [0.3, 0.4) is 0 Å². The van der Waals surface area contributed by atoms with Gasteiger partial charge in [0.05, 0.1) is 0 Å². The summed E-state index contributed by atoms with van der Waals surface area (Å²) in [6.07, 6.45) is 3.18. The van der Waals surface area contributed by atoms with Crippen LogP contribution >= 0.6 is 0 Å². The number of carbonyl (C=O) groups is 2. The van der Waals surface area contributed by atoms with E-state index >= 15 is 0 Å². The molecule has 1 saturated heterocycles. The van der Waals surface area contributed by atoms with Crippen LogP contribution in [-0.4, -0.2) is 42.5 Å². The molecular formula is C16H21FN2O3. The van der Waals surface area contributed by atoms with Gasteiger partial charge < -0.3 is 15.0 Å². The molecule has 22 heavy (non-hydrogen) atoms. The Balaban J connectivity index is 1.75. The van der Waals surface area contributed by atoms with Crippen molar-refractivity contribution in [1.82, 2.24) is 10.2 Å². The van der Waals surface area contributed by atoms with Gasteiger partial charge in [0.15, 0.2) is 6.61 Å². The van der Waals surface area contributed by atoms with E-state index in [4.69, 9.17) is 4.74 Å². The second-order valence-electron chi connectivity index (χ2n) is 5.42. The van der Waals surface area contributed by atoms with Gasteiger partial charge in [0.1, 0.15) is 17.6 Å². The van der Waals surface area contributed by atoms with E-state index in [0.717, 1.165) is 32.4 Å². The maximum absolute atomic E-state index is 12.7. The lowest BCUT2D eigenvalue weighted by Crippen LogP contribution is -2.49. The maximum atomic E-state index is 12.7. The monoisotopic (exact) mass is 308 g/mol. The van der Waals surface area contributed by atoms with Crippen molar-refractivity contribution >= 4 is 11.8 Å². The van der Waals surface area contributed by atoms with Gasteiger partial charge in [-0.2, -0.15) is 0 Å². The van der Waals surface area contributed by atoms with Gasteiger partial charge in [-0.15, -0.1) is 0 Å². The number of amides is 2. The Bertz CT molecular complexity index is 513. The molecule has 0 spiro atoms. The van der Waals surface area contributed by atoms with E-state index in [-0.39, 0.29) is 24.2 Å². The second-order valence-corrected chi connectivity index (χ2v) is 5.42. The van der Waals surface area contributed by atoms with Crippen molar-refractivity contribution in [2.45, 2.75) is 32.2 Å². The Morgan fingerprint density at radius 1 is 1.23 bits per heavy atom. The minimum Gasteiger partial charge on any atom is -0.484 e. The largest absolute Gasteiger partial charge is 0.484 e. The van der Waals surface area contributed by atoms with Crippen molar-refractivity contribution in [2.24, 2.45) is 0 Å². The molecule has 1 aromatic carbocycles. The quantitative estimate of drug-likeness (QED) is 0.901. The first-order valence-corrected chi connectivity index (χ1v) is 7.53. The van der Waals surface area contributed by atoms with E-state index < -0.39 is 6.04 Å². The Labute approximate surface area is 129 Å². The van der Waals surface area contributed by atoms with E-state index in [9.17, 15) is 14.0 Å². The number of rotatable bonds is 5. The molecule has 0 radical (unpaired) electrons. The summed E-state index contributed by atoms with van der Waals surface area (Å²) < 4.78 is 18.0. The molecular weight excluding hydrogens is 287 g/mol. The van der Waals surface area contributed by atoms with Gasteiger partial charge in [-0.3, -0.25) is 9.59 Å². The highest BCUT2D eigenvalue weighted by Crippen LogP contribution is 2.11. The van der Waals surface area contributed by atoms with Gasteiger partial charge in [0.2, 0.25) is 5.91 Å². The third-order valence-electron chi connectivity index (χ3n) is 3.60. The number of carbonyl (C=O) groups excluding carboxylic acids is 2. The van der Waals surface area contributed by atoms with Gasteiger partial charge in [-0.05, 0) is 50.5 Å². The molecule has 0 aliphatic carbocycles.